The molecule has 9 heteroatoms. The molecule has 3 aliphatic rings. The number of quaternary nitrogens is 1. The Balaban J connectivity index is 1.42. The molecule has 5 rings (SSSR count). The second kappa shape index (κ2) is 7.65. The summed E-state index contributed by atoms with van der Waals surface area (Å²) in [5.74, 6) is 6.75. The number of aliphatic imine (C=N–C) groups is 2. The Morgan fingerprint density at radius 3 is 2.64 bits per heavy atom. The van der Waals surface area contributed by atoms with Gasteiger partial charge in [-0.25, -0.2) is 4.39 Å². The van der Waals surface area contributed by atoms with Crippen LogP contribution in [-0.2, 0) is 12.8 Å². The summed E-state index contributed by atoms with van der Waals surface area (Å²) < 4.78 is 58.4. The van der Waals surface area contributed by atoms with Gasteiger partial charge >= 0.3 is 6.18 Å². The van der Waals surface area contributed by atoms with Gasteiger partial charge in [-0.15, -0.1) is 4.59 Å². The number of nitrogens with two attached hydrogens (primary N) is 1. The Labute approximate surface area is 186 Å². The third-order valence-corrected chi connectivity index (χ3v) is 5.48. The molecular formula is C24H17F4N4O+. The molecule has 2 heterocycles. The lowest BCUT2D eigenvalue weighted by atomic mass is 10.0. The summed E-state index contributed by atoms with van der Waals surface area (Å²) in [4.78, 5) is 8.92. The van der Waals surface area contributed by atoms with Crippen LogP contribution >= 0.6 is 0 Å². The van der Waals surface area contributed by atoms with Gasteiger partial charge in [-0.3, -0.25) is 4.99 Å². The van der Waals surface area contributed by atoms with Crippen molar-refractivity contribution in [2.75, 3.05) is 0 Å². The minimum absolute atomic E-state index is 0.185. The SMILES string of the molecule is N[N+]12C=CN=CC1=C(C1=CC=C1)N=C2c1cccc(OCc2cc(C(F)(F)F)ccc2F)c1. The van der Waals surface area contributed by atoms with Gasteiger partial charge < -0.3 is 4.74 Å². The number of ether oxygens (including phenoxy) is 1. The van der Waals surface area contributed by atoms with Crippen LogP contribution in [0.2, 0.25) is 0 Å². The standard InChI is InChI=1S/C24H17F4N4O/c25-20-8-7-18(24(26,27)28)11-17(20)14-33-19-6-2-5-16(12-19)23-31-22(15-3-1-4-15)21-13-30-9-10-32(21,23)29/h1-13H,14,29H2/q+1. The number of halogens is 4. The summed E-state index contributed by atoms with van der Waals surface area (Å²) in [7, 11) is 0. The van der Waals surface area contributed by atoms with Gasteiger partial charge in [0.25, 0.3) is 5.84 Å². The maximum absolute atomic E-state index is 14.1. The molecule has 1 atom stereocenters. The zero-order chi connectivity index (χ0) is 23.2. The number of alkyl halides is 3. The number of benzene rings is 2. The largest absolute Gasteiger partial charge is 0.489 e. The molecule has 0 spiro atoms. The van der Waals surface area contributed by atoms with Gasteiger partial charge in [-0.2, -0.15) is 24.0 Å². The average Bonchev–Trinajstić information content (AvgIpc) is 3.04. The molecule has 0 bridgehead atoms. The van der Waals surface area contributed by atoms with Crippen LogP contribution in [0.3, 0.4) is 0 Å². The van der Waals surface area contributed by atoms with E-state index in [1.54, 1.807) is 42.9 Å². The van der Waals surface area contributed by atoms with Crippen molar-refractivity contribution in [1.82, 2.24) is 0 Å². The lowest BCUT2D eigenvalue weighted by Crippen LogP contribution is -2.53. The number of amidine groups is 1. The topological polar surface area (TPSA) is 60.0 Å². The minimum atomic E-state index is -4.57. The first-order valence-electron chi connectivity index (χ1n) is 9.95. The van der Waals surface area contributed by atoms with Gasteiger partial charge in [0.2, 0.25) is 5.70 Å². The monoisotopic (exact) mass is 453 g/mol. The first-order valence-corrected chi connectivity index (χ1v) is 9.95. The molecule has 0 amide bonds. The Bertz CT molecular complexity index is 1330. The van der Waals surface area contributed by atoms with Gasteiger partial charge in [0.15, 0.2) is 0 Å². The molecular weight excluding hydrogens is 436 g/mol. The molecule has 1 aliphatic carbocycles. The molecule has 0 fully saturated rings. The molecule has 2 aromatic rings. The first kappa shape index (κ1) is 21.0. The smallest absolute Gasteiger partial charge is 0.416 e. The van der Waals surface area contributed by atoms with Gasteiger partial charge in [0, 0.05) is 11.1 Å². The van der Waals surface area contributed by atoms with Crippen LogP contribution in [0.4, 0.5) is 17.6 Å². The van der Waals surface area contributed by atoms with Crippen molar-refractivity contribution in [3.05, 3.63) is 113 Å². The van der Waals surface area contributed by atoms with Crippen molar-refractivity contribution >= 4 is 12.1 Å². The summed E-state index contributed by atoms with van der Waals surface area (Å²) in [6.07, 6.45) is 6.14. The van der Waals surface area contributed by atoms with Crippen molar-refractivity contribution in [1.29, 1.82) is 0 Å². The highest BCUT2D eigenvalue weighted by atomic mass is 19.4. The van der Waals surface area contributed by atoms with Crippen LogP contribution in [0, 0.1) is 5.82 Å². The van der Waals surface area contributed by atoms with E-state index < -0.39 is 17.6 Å². The van der Waals surface area contributed by atoms with E-state index >= 15 is 0 Å². The predicted octanol–water partition coefficient (Wildman–Crippen LogP) is 5.14. The Morgan fingerprint density at radius 1 is 1.09 bits per heavy atom. The number of nitrogens with zero attached hydrogens (tertiary/aromatic N) is 3. The summed E-state index contributed by atoms with van der Waals surface area (Å²) in [5.41, 5.74) is 1.87. The second-order valence-electron chi connectivity index (χ2n) is 7.62. The van der Waals surface area contributed by atoms with Crippen LogP contribution in [0.1, 0.15) is 16.7 Å². The molecule has 2 aromatic carbocycles. The number of allylic oxidation sites excluding steroid dienone is 4. The fourth-order valence-electron chi connectivity index (χ4n) is 3.69. The van der Waals surface area contributed by atoms with Crippen LogP contribution in [0.15, 0.2) is 100 Å². The van der Waals surface area contributed by atoms with Crippen molar-refractivity contribution in [2.24, 2.45) is 15.8 Å². The van der Waals surface area contributed by atoms with E-state index in [0.29, 0.717) is 34.6 Å². The summed E-state index contributed by atoms with van der Waals surface area (Å²) in [6.45, 7) is -0.368. The zero-order valence-corrected chi connectivity index (χ0v) is 17.1. The molecule has 0 saturated carbocycles. The van der Waals surface area contributed by atoms with Gasteiger partial charge in [0.05, 0.1) is 23.5 Å². The lowest BCUT2D eigenvalue weighted by Gasteiger charge is -2.26. The highest BCUT2D eigenvalue weighted by Crippen LogP contribution is 2.37. The lowest BCUT2D eigenvalue weighted by molar-refractivity contribution is -0.750. The third-order valence-electron chi connectivity index (χ3n) is 5.48. The maximum atomic E-state index is 14.1. The minimum Gasteiger partial charge on any atom is -0.489 e. The summed E-state index contributed by atoms with van der Waals surface area (Å²) >= 11 is 0. The van der Waals surface area contributed by atoms with Gasteiger partial charge in [0.1, 0.15) is 30.1 Å². The summed E-state index contributed by atoms with van der Waals surface area (Å²) in [6, 6.07) is 9.05. The first-order chi connectivity index (χ1) is 15.8. The number of hydrogen-bond acceptors (Lipinski definition) is 4. The Kier molecular flexibility index (Phi) is 4.88. The highest BCUT2D eigenvalue weighted by molar-refractivity contribution is 6.01. The Hall–Kier alpha value is -3.82. The maximum Gasteiger partial charge on any atom is 0.416 e. The van der Waals surface area contributed by atoms with E-state index in [4.69, 9.17) is 15.6 Å². The molecule has 1 unspecified atom stereocenters. The van der Waals surface area contributed by atoms with Crippen LogP contribution in [-0.4, -0.2) is 16.6 Å². The molecule has 5 nitrogen and oxygen atoms in total. The van der Waals surface area contributed by atoms with E-state index in [1.165, 1.54) is 0 Å². The van der Waals surface area contributed by atoms with E-state index in [0.717, 1.165) is 17.7 Å². The molecule has 0 saturated heterocycles. The van der Waals surface area contributed by atoms with Crippen molar-refractivity contribution < 1.29 is 26.9 Å². The summed E-state index contributed by atoms with van der Waals surface area (Å²) in [5, 5.41) is 0. The van der Waals surface area contributed by atoms with Crippen molar-refractivity contribution in [2.45, 2.75) is 12.8 Å². The zero-order valence-electron chi connectivity index (χ0n) is 17.1. The second-order valence-corrected chi connectivity index (χ2v) is 7.62. The number of rotatable bonds is 5. The number of hydrogen-bond donors (Lipinski definition) is 1. The van der Waals surface area contributed by atoms with Crippen LogP contribution in [0.25, 0.3) is 0 Å². The Morgan fingerprint density at radius 2 is 1.91 bits per heavy atom. The molecule has 0 aromatic heterocycles. The predicted molar refractivity (Wildman–Crippen MR) is 115 cm³/mol. The quantitative estimate of drug-likeness (QED) is 0.387. The molecule has 33 heavy (non-hydrogen) atoms. The molecule has 166 valence electrons. The van der Waals surface area contributed by atoms with Gasteiger partial charge in [-0.05, 0) is 36.4 Å². The number of fused-ring (bicyclic) bond motifs is 1. The average molecular weight is 453 g/mol. The molecule has 2 aliphatic heterocycles. The fraction of sp³-hybridized carbons (Fsp3) is 0.0833. The normalized spacial score (nSPS) is 21.0. The van der Waals surface area contributed by atoms with Crippen molar-refractivity contribution in [3.8, 4) is 5.75 Å². The van der Waals surface area contributed by atoms with Gasteiger partial charge in [-0.1, -0.05) is 24.3 Å². The van der Waals surface area contributed by atoms with Crippen molar-refractivity contribution in [3.63, 3.8) is 0 Å². The highest BCUT2D eigenvalue weighted by Gasteiger charge is 2.44. The molecule has 0 radical (unpaired) electrons. The van der Waals surface area contributed by atoms with E-state index in [-0.39, 0.29) is 16.8 Å². The van der Waals surface area contributed by atoms with E-state index in [2.05, 4.69) is 4.99 Å². The van der Waals surface area contributed by atoms with E-state index in [9.17, 15) is 17.6 Å². The van der Waals surface area contributed by atoms with Crippen LogP contribution in [0.5, 0.6) is 5.75 Å². The van der Waals surface area contributed by atoms with Crippen LogP contribution < -0.4 is 10.6 Å². The van der Waals surface area contributed by atoms with E-state index in [1.807, 2.05) is 18.2 Å². The third kappa shape index (κ3) is 3.71. The molecule has 2 N–H and O–H groups in total. The fourth-order valence-corrected chi connectivity index (χ4v) is 3.69.